The summed E-state index contributed by atoms with van der Waals surface area (Å²) in [6.07, 6.45) is 1.45. The Labute approximate surface area is 150 Å². The molecule has 2 N–H and O–H groups in total. The van der Waals surface area contributed by atoms with Gasteiger partial charge >= 0.3 is 6.03 Å². The van der Waals surface area contributed by atoms with Crippen LogP contribution in [0.3, 0.4) is 0 Å². The summed E-state index contributed by atoms with van der Waals surface area (Å²) in [6, 6.07) is 17.7. The van der Waals surface area contributed by atoms with Crippen molar-refractivity contribution in [2.24, 2.45) is 0 Å². The molecule has 0 aliphatic carbocycles. The molecule has 3 aromatic rings. The van der Waals surface area contributed by atoms with Gasteiger partial charge in [-0.05, 0) is 42.0 Å². The summed E-state index contributed by atoms with van der Waals surface area (Å²) in [4.78, 5) is 11.8. The van der Waals surface area contributed by atoms with Crippen LogP contribution in [-0.2, 0) is 13.2 Å². The van der Waals surface area contributed by atoms with Crippen molar-refractivity contribution in [3.8, 4) is 11.8 Å². The van der Waals surface area contributed by atoms with E-state index in [0.717, 1.165) is 5.56 Å². The molecule has 7 nitrogen and oxygen atoms in total. The predicted molar refractivity (Wildman–Crippen MR) is 94.3 cm³/mol. The molecule has 1 aromatic heterocycles. The number of hydrogen-bond acceptors (Lipinski definition) is 5. The lowest BCUT2D eigenvalue weighted by Crippen LogP contribution is -2.28. The summed E-state index contributed by atoms with van der Waals surface area (Å²) in [5.41, 5.74) is 2.80. The molecule has 0 aliphatic rings. The summed E-state index contributed by atoms with van der Waals surface area (Å²) < 4.78 is 10.4. The molecule has 7 heteroatoms. The molecule has 0 fully saturated rings. The van der Waals surface area contributed by atoms with Gasteiger partial charge in [0.05, 0.1) is 18.2 Å². The Hall–Kier alpha value is -3.79. The highest BCUT2D eigenvalue weighted by molar-refractivity contribution is 5.89. The van der Waals surface area contributed by atoms with Crippen LogP contribution >= 0.6 is 0 Å². The van der Waals surface area contributed by atoms with Crippen molar-refractivity contribution in [1.29, 1.82) is 5.26 Å². The molecule has 2 amide bonds. The molecule has 0 atom stereocenters. The van der Waals surface area contributed by atoms with E-state index in [0.29, 0.717) is 29.3 Å². The second-order valence-corrected chi connectivity index (χ2v) is 5.42. The fraction of sp³-hybridized carbons (Fsp3) is 0.105. The zero-order valence-corrected chi connectivity index (χ0v) is 13.8. The van der Waals surface area contributed by atoms with Crippen molar-refractivity contribution >= 4 is 11.7 Å². The number of ether oxygens (including phenoxy) is 1. The van der Waals surface area contributed by atoms with Crippen LogP contribution in [0.1, 0.15) is 16.8 Å². The number of nitrogens with one attached hydrogen (secondary N) is 2. The first-order valence-electron chi connectivity index (χ1n) is 7.89. The SMILES string of the molecule is N#Cc1cccc(COc2ccc(NC(=O)NCc3ccon3)cc2)c1. The van der Waals surface area contributed by atoms with E-state index in [2.05, 4.69) is 21.9 Å². The van der Waals surface area contributed by atoms with Crippen LogP contribution in [0.5, 0.6) is 5.75 Å². The smallest absolute Gasteiger partial charge is 0.319 e. The second-order valence-electron chi connectivity index (χ2n) is 5.42. The van der Waals surface area contributed by atoms with Gasteiger partial charge in [-0.3, -0.25) is 0 Å². The number of carbonyl (C=O) groups excluding carboxylic acids is 1. The summed E-state index contributed by atoms with van der Waals surface area (Å²) in [5.74, 6) is 0.668. The largest absolute Gasteiger partial charge is 0.489 e. The number of rotatable bonds is 6. The maximum atomic E-state index is 11.8. The number of amides is 2. The van der Waals surface area contributed by atoms with E-state index in [4.69, 9.17) is 14.5 Å². The molecular formula is C19H16N4O3. The number of hydrogen-bond donors (Lipinski definition) is 2. The fourth-order valence-electron chi connectivity index (χ4n) is 2.21. The monoisotopic (exact) mass is 348 g/mol. The van der Waals surface area contributed by atoms with Crippen molar-refractivity contribution < 1.29 is 14.1 Å². The zero-order chi connectivity index (χ0) is 18.2. The first kappa shape index (κ1) is 17.0. The normalized spacial score (nSPS) is 9.96. The molecule has 130 valence electrons. The van der Waals surface area contributed by atoms with Crippen LogP contribution in [0.4, 0.5) is 10.5 Å². The van der Waals surface area contributed by atoms with E-state index in [1.54, 1.807) is 42.5 Å². The molecule has 0 saturated carbocycles. The number of anilines is 1. The molecule has 3 rings (SSSR count). The van der Waals surface area contributed by atoms with E-state index in [9.17, 15) is 4.79 Å². The van der Waals surface area contributed by atoms with Gasteiger partial charge < -0.3 is 19.9 Å². The Balaban J connectivity index is 1.48. The molecule has 0 saturated heterocycles. The average Bonchev–Trinajstić information content (AvgIpc) is 3.20. The quantitative estimate of drug-likeness (QED) is 0.711. The van der Waals surface area contributed by atoms with E-state index in [1.807, 2.05) is 12.1 Å². The third-order valence-corrected chi connectivity index (χ3v) is 3.50. The Kier molecular flexibility index (Phi) is 5.47. The fourth-order valence-corrected chi connectivity index (χ4v) is 2.21. The van der Waals surface area contributed by atoms with Crippen molar-refractivity contribution in [3.05, 3.63) is 77.7 Å². The van der Waals surface area contributed by atoms with E-state index >= 15 is 0 Å². The van der Waals surface area contributed by atoms with E-state index in [1.165, 1.54) is 6.26 Å². The van der Waals surface area contributed by atoms with E-state index < -0.39 is 0 Å². The van der Waals surface area contributed by atoms with Gasteiger partial charge in [-0.2, -0.15) is 5.26 Å². The number of nitriles is 1. The van der Waals surface area contributed by atoms with Crippen LogP contribution in [-0.4, -0.2) is 11.2 Å². The van der Waals surface area contributed by atoms with E-state index in [-0.39, 0.29) is 12.6 Å². The third kappa shape index (κ3) is 4.85. The molecule has 0 bridgehead atoms. The number of benzene rings is 2. The summed E-state index contributed by atoms with van der Waals surface area (Å²) >= 11 is 0. The number of nitrogens with zero attached hydrogens (tertiary/aromatic N) is 2. The van der Waals surface area contributed by atoms with Gasteiger partial charge in [-0.15, -0.1) is 0 Å². The van der Waals surface area contributed by atoms with Gasteiger partial charge in [-0.25, -0.2) is 4.79 Å². The molecule has 0 aliphatic heterocycles. The van der Waals surface area contributed by atoms with Crippen molar-refractivity contribution in [2.75, 3.05) is 5.32 Å². The first-order valence-corrected chi connectivity index (χ1v) is 7.89. The minimum absolute atomic E-state index is 0.283. The first-order chi connectivity index (χ1) is 12.7. The van der Waals surface area contributed by atoms with Crippen molar-refractivity contribution in [3.63, 3.8) is 0 Å². The maximum absolute atomic E-state index is 11.8. The van der Waals surface area contributed by atoms with Gasteiger partial charge in [0.25, 0.3) is 0 Å². The topological polar surface area (TPSA) is 100 Å². The van der Waals surface area contributed by atoms with Gasteiger partial charge in [0.15, 0.2) is 0 Å². The van der Waals surface area contributed by atoms with Gasteiger partial charge in [0.1, 0.15) is 24.3 Å². The van der Waals surface area contributed by atoms with Crippen molar-refractivity contribution in [2.45, 2.75) is 13.2 Å². The molecule has 0 radical (unpaired) electrons. The van der Waals surface area contributed by atoms with Gasteiger partial charge in [-0.1, -0.05) is 17.3 Å². The van der Waals surface area contributed by atoms with Crippen LogP contribution in [0.25, 0.3) is 0 Å². The molecule has 2 aromatic carbocycles. The van der Waals surface area contributed by atoms with Crippen molar-refractivity contribution in [1.82, 2.24) is 10.5 Å². The number of urea groups is 1. The van der Waals surface area contributed by atoms with Gasteiger partial charge in [0, 0.05) is 11.8 Å². The Morgan fingerprint density at radius 3 is 2.77 bits per heavy atom. The van der Waals surface area contributed by atoms with Crippen LogP contribution < -0.4 is 15.4 Å². The zero-order valence-electron chi connectivity index (χ0n) is 13.8. The molecule has 1 heterocycles. The highest BCUT2D eigenvalue weighted by Crippen LogP contribution is 2.17. The highest BCUT2D eigenvalue weighted by Gasteiger charge is 2.04. The minimum atomic E-state index is -0.338. The lowest BCUT2D eigenvalue weighted by Gasteiger charge is -2.09. The standard InChI is InChI=1S/C19H16N4O3/c20-11-14-2-1-3-15(10-14)13-25-18-6-4-16(5-7-18)22-19(24)21-12-17-8-9-26-23-17/h1-10H,12-13H2,(H2,21,22,24). The second kappa shape index (κ2) is 8.35. The van der Waals surface area contributed by atoms with Crippen LogP contribution in [0.2, 0.25) is 0 Å². The van der Waals surface area contributed by atoms with Crippen LogP contribution in [0.15, 0.2) is 65.4 Å². The van der Waals surface area contributed by atoms with Gasteiger partial charge in [0.2, 0.25) is 0 Å². The predicted octanol–water partition coefficient (Wildman–Crippen LogP) is 3.45. The number of aromatic nitrogens is 1. The molecule has 0 spiro atoms. The highest BCUT2D eigenvalue weighted by atomic mass is 16.5. The number of carbonyl (C=O) groups is 1. The summed E-state index contributed by atoms with van der Waals surface area (Å²) in [7, 11) is 0. The molecule has 26 heavy (non-hydrogen) atoms. The minimum Gasteiger partial charge on any atom is -0.489 e. The average molecular weight is 348 g/mol. The van der Waals surface area contributed by atoms with Crippen LogP contribution in [0, 0.1) is 11.3 Å². The summed E-state index contributed by atoms with van der Waals surface area (Å²) in [5, 5.41) is 18.0. The summed E-state index contributed by atoms with van der Waals surface area (Å²) in [6.45, 7) is 0.645. The molecular weight excluding hydrogens is 332 g/mol. The Morgan fingerprint density at radius 2 is 2.04 bits per heavy atom. The maximum Gasteiger partial charge on any atom is 0.319 e. The lowest BCUT2D eigenvalue weighted by molar-refractivity contribution is 0.251. The lowest BCUT2D eigenvalue weighted by atomic mass is 10.1. The molecule has 0 unspecified atom stereocenters. The Bertz CT molecular complexity index is 899. The third-order valence-electron chi connectivity index (χ3n) is 3.50. The Morgan fingerprint density at radius 1 is 1.19 bits per heavy atom.